The Hall–Kier alpha value is -0.550. The fraction of sp³-hybridized carbons (Fsp3) is 0.308. The van der Waals surface area contributed by atoms with E-state index in [0.717, 1.165) is 25.5 Å². The Morgan fingerprint density at radius 3 is 2.78 bits per heavy atom. The number of aromatic nitrogens is 1. The van der Waals surface area contributed by atoms with Crippen LogP contribution < -0.4 is 5.32 Å². The zero-order valence-corrected chi connectivity index (χ0v) is 12.9. The summed E-state index contributed by atoms with van der Waals surface area (Å²) in [5, 5.41) is 6.05. The van der Waals surface area contributed by atoms with Gasteiger partial charge in [0.25, 0.3) is 0 Å². The van der Waals surface area contributed by atoms with Gasteiger partial charge in [-0.05, 0) is 38.6 Å². The molecule has 5 heteroatoms. The van der Waals surface area contributed by atoms with Crippen LogP contribution in [-0.2, 0) is 0 Å². The van der Waals surface area contributed by atoms with Crippen molar-refractivity contribution < 1.29 is 0 Å². The molecule has 1 atom stereocenters. The van der Waals surface area contributed by atoms with Gasteiger partial charge in [0.1, 0.15) is 0 Å². The molecule has 0 fully saturated rings. The Balaban J connectivity index is 2.18. The van der Waals surface area contributed by atoms with Gasteiger partial charge in [-0.2, -0.15) is 0 Å². The predicted molar refractivity (Wildman–Crippen MR) is 79.9 cm³/mol. The van der Waals surface area contributed by atoms with Crippen LogP contribution in [0.15, 0.2) is 32.8 Å². The number of hydrogen-bond donors (Lipinski definition) is 1. The van der Waals surface area contributed by atoms with Crippen LogP contribution in [0.4, 0.5) is 0 Å². The normalized spacial score (nSPS) is 12.7. The molecule has 0 amide bonds. The maximum Gasteiger partial charge on any atom is 0.154 e. The van der Waals surface area contributed by atoms with E-state index >= 15 is 0 Å². The van der Waals surface area contributed by atoms with E-state index in [0.29, 0.717) is 0 Å². The van der Waals surface area contributed by atoms with E-state index in [-0.39, 0.29) is 6.04 Å². The summed E-state index contributed by atoms with van der Waals surface area (Å²) in [7, 11) is 1.93. The summed E-state index contributed by atoms with van der Waals surface area (Å²) >= 11 is 9.62. The monoisotopic (exact) mass is 298 g/mol. The SMILES string of the molecule is CNC(C)c1ccc(Sc2nc(C)cs2)cc1Cl. The first kappa shape index (κ1) is 13.9. The second-order valence-corrected chi connectivity index (χ2v) is 6.64. The van der Waals surface area contributed by atoms with Crippen molar-refractivity contribution in [2.24, 2.45) is 0 Å². The van der Waals surface area contributed by atoms with Crippen LogP contribution in [0.25, 0.3) is 0 Å². The first-order chi connectivity index (χ1) is 8.60. The van der Waals surface area contributed by atoms with Crippen molar-refractivity contribution >= 4 is 34.7 Å². The third-order valence-electron chi connectivity index (χ3n) is 2.67. The van der Waals surface area contributed by atoms with E-state index in [1.165, 1.54) is 0 Å². The molecule has 0 saturated heterocycles. The van der Waals surface area contributed by atoms with E-state index in [9.17, 15) is 0 Å². The highest BCUT2D eigenvalue weighted by atomic mass is 35.5. The lowest BCUT2D eigenvalue weighted by atomic mass is 10.1. The Labute approximate surface area is 121 Å². The minimum Gasteiger partial charge on any atom is -0.313 e. The zero-order valence-electron chi connectivity index (χ0n) is 10.5. The molecule has 18 heavy (non-hydrogen) atoms. The molecule has 2 aromatic rings. The largest absolute Gasteiger partial charge is 0.313 e. The summed E-state index contributed by atoms with van der Waals surface area (Å²) in [6, 6.07) is 6.44. The summed E-state index contributed by atoms with van der Waals surface area (Å²) in [6.45, 7) is 4.10. The van der Waals surface area contributed by atoms with Gasteiger partial charge in [0, 0.05) is 27.0 Å². The molecule has 0 aliphatic heterocycles. The molecule has 0 saturated carbocycles. The molecule has 0 spiro atoms. The summed E-state index contributed by atoms with van der Waals surface area (Å²) in [5.41, 5.74) is 2.19. The van der Waals surface area contributed by atoms with Gasteiger partial charge >= 0.3 is 0 Å². The van der Waals surface area contributed by atoms with Gasteiger partial charge < -0.3 is 5.32 Å². The van der Waals surface area contributed by atoms with E-state index in [2.05, 4.69) is 34.7 Å². The van der Waals surface area contributed by atoms with Crippen LogP contribution in [0.3, 0.4) is 0 Å². The Bertz CT molecular complexity index is 540. The highest BCUT2D eigenvalue weighted by molar-refractivity contribution is 8.01. The van der Waals surface area contributed by atoms with E-state index in [1.54, 1.807) is 23.1 Å². The van der Waals surface area contributed by atoms with Gasteiger partial charge in [-0.3, -0.25) is 0 Å². The average molecular weight is 299 g/mol. The Morgan fingerprint density at radius 1 is 1.44 bits per heavy atom. The van der Waals surface area contributed by atoms with Gasteiger partial charge in [-0.25, -0.2) is 4.98 Å². The zero-order chi connectivity index (χ0) is 13.1. The Morgan fingerprint density at radius 2 is 2.22 bits per heavy atom. The topological polar surface area (TPSA) is 24.9 Å². The molecule has 0 aliphatic carbocycles. The van der Waals surface area contributed by atoms with Crippen molar-refractivity contribution in [1.29, 1.82) is 0 Å². The third-order valence-corrected chi connectivity index (χ3v) is 5.05. The molecule has 1 heterocycles. The third kappa shape index (κ3) is 3.26. The molecule has 0 radical (unpaired) electrons. The molecule has 1 aromatic heterocycles. The lowest BCUT2D eigenvalue weighted by Crippen LogP contribution is -2.12. The van der Waals surface area contributed by atoms with Crippen molar-refractivity contribution in [3.63, 3.8) is 0 Å². The number of hydrogen-bond acceptors (Lipinski definition) is 4. The van der Waals surface area contributed by atoms with Crippen molar-refractivity contribution in [3.8, 4) is 0 Å². The van der Waals surface area contributed by atoms with Gasteiger partial charge in [0.05, 0.1) is 0 Å². The van der Waals surface area contributed by atoms with Gasteiger partial charge in [-0.1, -0.05) is 29.4 Å². The highest BCUT2D eigenvalue weighted by Gasteiger charge is 2.09. The van der Waals surface area contributed by atoms with Gasteiger partial charge in [-0.15, -0.1) is 11.3 Å². The fourth-order valence-corrected chi connectivity index (χ4v) is 3.82. The molecule has 2 rings (SSSR count). The molecule has 1 N–H and O–H groups in total. The lowest BCUT2D eigenvalue weighted by molar-refractivity contribution is 0.652. The first-order valence-electron chi connectivity index (χ1n) is 5.67. The van der Waals surface area contributed by atoms with E-state index < -0.39 is 0 Å². The van der Waals surface area contributed by atoms with Crippen LogP contribution in [0.1, 0.15) is 24.2 Å². The molecule has 2 nitrogen and oxygen atoms in total. The second kappa shape index (κ2) is 6.06. The summed E-state index contributed by atoms with van der Waals surface area (Å²) < 4.78 is 1.05. The van der Waals surface area contributed by atoms with Gasteiger partial charge in [0.15, 0.2) is 4.34 Å². The molecule has 0 bridgehead atoms. The number of rotatable bonds is 4. The fourth-order valence-electron chi connectivity index (χ4n) is 1.56. The number of nitrogens with zero attached hydrogens (tertiary/aromatic N) is 1. The molecule has 0 aliphatic rings. The van der Waals surface area contributed by atoms with Crippen LogP contribution in [0.2, 0.25) is 5.02 Å². The van der Waals surface area contributed by atoms with Crippen LogP contribution in [0, 0.1) is 6.92 Å². The number of benzene rings is 1. The summed E-state index contributed by atoms with van der Waals surface area (Å²) in [6.07, 6.45) is 0. The summed E-state index contributed by atoms with van der Waals surface area (Å²) in [5.74, 6) is 0. The maximum absolute atomic E-state index is 6.30. The number of nitrogens with one attached hydrogen (secondary N) is 1. The minimum atomic E-state index is 0.263. The number of halogens is 1. The smallest absolute Gasteiger partial charge is 0.154 e. The lowest BCUT2D eigenvalue weighted by Gasteiger charge is -2.13. The second-order valence-electron chi connectivity index (χ2n) is 4.05. The molecular formula is C13H15ClN2S2. The van der Waals surface area contributed by atoms with E-state index in [1.807, 2.05) is 20.0 Å². The standard InChI is InChI=1S/C13H15ClN2S2/c1-8-7-17-13(16-8)18-10-4-5-11(9(2)15-3)12(14)6-10/h4-7,9,15H,1-3H3. The Kier molecular flexibility index (Phi) is 4.67. The van der Waals surface area contributed by atoms with Crippen LogP contribution >= 0.6 is 34.7 Å². The molecule has 96 valence electrons. The van der Waals surface area contributed by atoms with Crippen molar-refractivity contribution in [2.45, 2.75) is 29.1 Å². The minimum absolute atomic E-state index is 0.263. The van der Waals surface area contributed by atoms with Crippen LogP contribution in [-0.4, -0.2) is 12.0 Å². The molecular weight excluding hydrogens is 284 g/mol. The highest BCUT2D eigenvalue weighted by Crippen LogP contribution is 2.34. The van der Waals surface area contributed by atoms with Gasteiger partial charge in [0.2, 0.25) is 0 Å². The quantitative estimate of drug-likeness (QED) is 0.897. The number of thiazole rings is 1. The maximum atomic E-state index is 6.30. The van der Waals surface area contributed by atoms with Crippen LogP contribution in [0.5, 0.6) is 0 Å². The van der Waals surface area contributed by atoms with Crippen molar-refractivity contribution in [3.05, 3.63) is 39.9 Å². The predicted octanol–water partition coefficient (Wildman–Crippen LogP) is 4.54. The number of aryl methyl sites for hydroxylation is 1. The van der Waals surface area contributed by atoms with Crippen molar-refractivity contribution in [1.82, 2.24) is 10.3 Å². The van der Waals surface area contributed by atoms with E-state index in [4.69, 9.17) is 11.6 Å². The molecule has 1 aromatic carbocycles. The summed E-state index contributed by atoms with van der Waals surface area (Å²) in [4.78, 5) is 5.56. The first-order valence-corrected chi connectivity index (χ1v) is 7.74. The molecule has 1 unspecified atom stereocenters. The average Bonchev–Trinajstić information content (AvgIpc) is 2.74. The van der Waals surface area contributed by atoms with Crippen molar-refractivity contribution in [2.75, 3.05) is 7.05 Å².